The molecule has 0 amide bonds. The summed E-state index contributed by atoms with van der Waals surface area (Å²) in [4.78, 5) is 3.66. The first-order valence-electron chi connectivity index (χ1n) is 3.74. The zero-order valence-corrected chi connectivity index (χ0v) is 8.76. The summed E-state index contributed by atoms with van der Waals surface area (Å²) < 4.78 is 41.4. The van der Waals surface area contributed by atoms with Gasteiger partial charge in [0.25, 0.3) is 0 Å². The molecule has 6 heteroatoms. The van der Waals surface area contributed by atoms with Crippen molar-refractivity contribution >= 4 is 15.9 Å². The van der Waals surface area contributed by atoms with E-state index in [1.165, 1.54) is 12.3 Å². The number of alkyl halides is 3. The van der Waals surface area contributed by atoms with Crippen molar-refractivity contribution in [3.8, 4) is 5.88 Å². The second-order valence-electron chi connectivity index (χ2n) is 2.62. The molecule has 1 rings (SSSR count). The summed E-state index contributed by atoms with van der Waals surface area (Å²) in [7, 11) is 0. The van der Waals surface area contributed by atoms with Gasteiger partial charge in [-0.25, -0.2) is 4.98 Å². The summed E-state index contributed by atoms with van der Waals surface area (Å²) >= 11 is 3.11. The van der Waals surface area contributed by atoms with Crippen LogP contribution in [0.3, 0.4) is 0 Å². The molecule has 0 N–H and O–H groups in total. The van der Waals surface area contributed by atoms with Crippen LogP contribution >= 0.6 is 15.9 Å². The van der Waals surface area contributed by atoms with E-state index < -0.39 is 12.3 Å². The molecule has 1 heterocycles. The lowest BCUT2D eigenvalue weighted by Crippen LogP contribution is -2.31. The van der Waals surface area contributed by atoms with Crippen molar-refractivity contribution in [1.29, 1.82) is 0 Å². The molecule has 0 saturated heterocycles. The van der Waals surface area contributed by atoms with Gasteiger partial charge in [-0.1, -0.05) is 0 Å². The van der Waals surface area contributed by atoms with Gasteiger partial charge in [0.05, 0.1) is 0 Å². The smallest absolute Gasteiger partial charge is 0.425 e. The molecule has 2 nitrogen and oxygen atoms in total. The summed E-state index contributed by atoms with van der Waals surface area (Å²) in [6, 6.07) is 2.93. The minimum atomic E-state index is -4.37. The Morgan fingerprint density at radius 1 is 1.43 bits per heavy atom. The predicted molar refractivity (Wildman–Crippen MR) is 48.1 cm³/mol. The second-order valence-corrected chi connectivity index (χ2v) is 3.53. The van der Waals surface area contributed by atoms with Crippen molar-refractivity contribution < 1.29 is 17.9 Å². The summed E-state index contributed by atoms with van der Waals surface area (Å²) in [5, 5.41) is 0. The third-order valence-electron chi connectivity index (χ3n) is 1.46. The van der Waals surface area contributed by atoms with E-state index in [2.05, 4.69) is 25.7 Å². The first-order chi connectivity index (χ1) is 6.39. The average Bonchev–Trinajstić information content (AvgIpc) is 2.07. The normalized spacial score (nSPS) is 13.8. The monoisotopic (exact) mass is 269 g/mol. The van der Waals surface area contributed by atoms with Gasteiger partial charge in [0.2, 0.25) is 5.88 Å². The van der Waals surface area contributed by atoms with Crippen LogP contribution in [0.25, 0.3) is 0 Å². The van der Waals surface area contributed by atoms with Gasteiger partial charge in [-0.15, -0.1) is 0 Å². The van der Waals surface area contributed by atoms with E-state index in [4.69, 9.17) is 0 Å². The highest BCUT2D eigenvalue weighted by molar-refractivity contribution is 9.10. The van der Waals surface area contributed by atoms with Crippen molar-refractivity contribution in [3.05, 3.63) is 22.8 Å². The summed E-state index contributed by atoms with van der Waals surface area (Å²) in [5.74, 6) is -0.0435. The van der Waals surface area contributed by atoms with Crippen molar-refractivity contribution in [1.82, 2.24) is 4.98 Å². The minimum Gasteiger partial charge on any atom is -0.465 e. The Labute approximate surface area is 87.2 Å². The number of hydrogen-bond acceptors (Lipinski definition) is 2. The maximum absolute atomic E-state index is 12.1. The molecule has 0 radical (unpaired) electrons. The van der Waals surface area contributed by atoms with Gasteiger partial charge in [-0.05, 0) is 28.9 Å². The van der Waals surface area contributed by atoms with Gasteiger partial charge in [-0.2, -0.15) is 13.2 Å². The summed E-state index contributed by atoms with van der Waals surface area (Å²) in [6.07, 6.45) is -4.84. The van der Waals surface area contributed by atoms with E-state index in [9.17, 15) is 13.2 Å². The van der Waals surface area contributed by atoms with Gasteiger partial charge in [0.15, 0.2) is 6.10 Å². The number of halogens is 4. The standard InChI is InChI=1S/C8H7BrF3NO/c1-5(8(10,11)12)14-7-3-2-6(9)4-13-7/h2-5H,1H3. The van der Waals surface area contributed by atoms with Crippen LogP contribution in [0.2, 0.25) is 0 Å². The maximum Gasteiger partial charge on any atom is 0.425 e. The molecular weight excluding hydrogens is 263 g/mol. The lowest BCUT2D eigenvalue weighted by Gasteiger charge is -2.16. The second kappa shape index (κ2) is 4.16. The number of hydrogen-bond donors (Lipinski definition) is 0. The van der Waals surface area contributed by atoms with E-state index in [-0.39, 0.29) is 5.88 Å². The first kappa shape index (κ1) is 11.3. The van der Waals surface area contributed by atoms with Gasteiger partial charge >= 0.3 is 6.18 Å². The average molecular weight is 270 g/mol. The van der Waals surface area contributed by atoms with E-state index >= 15 is 0 Å². The Morgan fingerprint density at radius 3 is 2.50 bits per heavy atom. The lowest BCUT2D eigenvalue weighted by atomic mass is 10.4. The van der Waals surface area contributed by atoms with Crippen LogP contribution < -0.4 is 4.74 Å². The van der Waals surface area contributed by atoms with E-state index in [1.807, 2.05) is 0 Å². The number of pyridine rings is 1. The highest BCUT2D eigenvalue weighted by atomic mass is 79.9. The Balaban J connectivity index is 2.65. The Kier molecular flexibility index (Phi) is 3.36. The van der Waals surface area contributed by atoms with Gasteiger partial charge < -0.3 is 4.74 Å². The molecule has 0 aliphatic heterocycles. The number of aromatic nitrogens is 1. The quantitative estimate of drug-likeness (QED) is 0.823. The Morgan fingerprint density at radius 2 is 2.07 bits per heavy atom. The molecule has 14 heavy (non-hydrogen) atoms. The molecule has 1 atom stereocenters. The molecule has 0 spiro atoms. The Hall–Kier alpha value is -0.780. The van der Waals surface area contributed by atoms with E-state index in [0.717, 1.165) is 6.92 Å². The van der Waals surface area contributed by atoms with Crippen LogP contribution in [0.4, 0.5) is 13.2 Å². The fraction of sp³-hybridized carbons (Fsp3) is 0.375. The number of rotatable bonds is 2. The molecule has 0 fully saturated rings. The zero-order valence-electron chi connectivity index (χ0n) is 7.18. The third-order valence-corrected chi connectivity index (χ3v) is 1.93. The van der Waals surface area contributed by atoms with Gasteiger partial charge in [0, 0.05) is 16.7 Å². The molecule has 0 aromatic carbocycles. The van der Waals surface area contributed by atoms with E-state index in [1.54, 1.807) is 6.07 Å². The van der Waals surface area contributed by atoms with Crippen molar-refractivity contribution in [2.75, 3.05) is 0 Å². The van der Waals surface area contributed by atoms with Crippen LogP contribution in [-0.2, 0) is 0 Å². The summed E-state index contributed by atoms with van der Waals surface area (Å²) in [5.41, 5.74) is 0. The van der Waals surface area contributed by atoms with Crippen LogP contribution in [-0.4, -0.2) is 17.3 Å². The highest BCUT2D eigenvalue weighted by Gasteiger charge is 2.38. The SMILES string of the molecule is CC(Oc1ccc(Br)cn1)C(F)(F)F. The fourth-order valence-electron chi connectivity index (χ4n) is 0.680. The number of ether oxygens (including phenoxy) is 1. The molecular formula is C8H7BrF3NO. The third kappa shape index (κ3) is 3.17. The van der Waals surface area contributed by atoms with Crippen molar-refractivity contribution in [2.24, 2.45) is 0 Å². The molecule has 1 unspecified atom stereocenters. The lowest BCUT2D eigenvalue weighted by molar-refractivity contribution is -0.189. The van der Waals surface area contributed by atoms with Crippen LogP contribution in [0.1, 0.15) is 6.92 Å². The fourth-order valence-corrected chi connectivity index (χ4v) is 0.914. The van der Waals surface area contributed by atoms with Crippen molar-refractivity contribution in [2.45, 2.75) is 19.2 Å². The topological polar surface area (TPSA) is 22.1 Å². The molecule has 0 saturated carbocycles. The zero-order chi connectivity index (χ0) is 10.8. The molecule has 0 aliphatic carbocycles. The predicted octanol–water partition coefficient (Wildman–Crippen LogP) is 3.17. The van der Waals surface area contributed by atoms with Gasteiger partial charge in [-0.3, -0.25) is 0 Å². The Bertz CT molecular complexity index is 298. The van der Waals surface area contributed by atoms with Crippen molar-refractivity contribution in [3.63, 3.8) is 0 Å². The molecule has 0 bridgehead atoms. The number of nitrogens with zero attached hydrogens (tertiary/aromatic N) is 1. The first-order valence-corrected chi connectivity index (χ1v) is 4.54. The van der Waals surface area contributed by atoms with Crippen LogP contribution in [0, 0.1) is 0 Å². The minimum absolute atomic E-state index is 0.0435. The van der Waals surface area contributed by atoms with Crippen LogP contribution in [0.15, 0.2) is 22.8 Å². The van der Waals surface area contributed by atoms with E-state index in [0.29, 0.717) is 4.47 Å². The molecule has 1 aromatic rings. The van der Waals surface area contributed by atoms with Gasteiger partial charge in [0.1, 0.15) is 0 Å². The molecule has 0 aliphatic rings. The largest absolute Gasteiger partial charge is 0.465 e. The highest BCUT2D eigenvalue weighted by Crippen LogP contribution is 2.24. The summed E-state index contributed by atoms with van der Waals surface area (Å²) in [6.45, 7) is 0.934. The maximum atomic E-state index is 12.1. The molecule has 1 aromatic heterocycles. The van der Waals surface area contributed by atoms with Crippen LogP contribution in [0.5, 0.6) is 5.88 Å². The molecule has 78 valence electrons.